The Bertz CT molecular complexity index is 237. The monoisotopic (exact) mass is 146 g/mol. The summed E-state index contributed by atoms with van der Waals surface area (Å²) in [5.74, 6) is 5.82. The molecular formula is C11H14. The average molecular weight is 146 g/mol. The Kier molecular flexibility index (Phi) is 4.94. The molecule has 0 aromatic rings. The summed E-state index contributed by atoms with van der Waals surface area (Å²) in [6.45, 7) is 9.65. The molecule has 0 saturated carbocycles. The van der Waals surface area contributed by atoms with E-state index in [2.05, 4.69) is 18.4 Å². The Morgan fingerprint density at radius 3 is 2.09 bits per heavy atom. The highest BCUT2D eigenvalue weighted by Gasteiger charge is 1.72. The fourth-order valence-corrected chi connectivity index (χ4v) is 0.400. The molecule has 0 radical (unpaired) electrons. The molecule has 0 nitrogen and oxygen atoms in total. The van der Waals surface area contributed by atoms with Crippen LogP contribution in [0, 0.1) is 11.8 Å². The largest absolute Gasteiger partial charge is 0.0988 e. The number of rotatable bonds is 1. The van der Waals surface area contributed by atoms with Crippen molar-refractivity contribution in [2.24, 2.45) is 0 Å². The maximum absolute atomic E-state index is 3.62. The van der Waals surface area contributed by atoms with Crippen molar-refractivity contribution in [1.29, 1.82) is 0 Å². The summed E-state index contributed by atoms with van der Waals surface area (Å²) in [4.78, 5) is 0. The first-order valence-corrected chi connectivity index (χ1v) is 3.60. The van der Waals surface area contributed by atoms with Gasteiger partial charge in [-0.05, 0) is 38.5 Å². The normalized spacial score (nSPS) is 9.55. The molecule has 0 rings (SSSR count). The SMILES string of the molecule is C=C/C(C)=C\C#CC=C(C)C. The van der Waals surface area contributed by atoms with Gasteiger partial charge < -0.3 is 0 Å². The lowest BCUT2D eigenvalue weighted by Gasteiger charge is -1.80. The Labute approximate surface area is 69.3 Å². The maximum atomic E-state index is 3.62. The predicted molar refractivity (Wildman–Crippen MR) is 51.2 cm³/mol. The highest BCUT2D eigenvalue weighted by atomic mass is 13.8. The molecule has 58 valence electrons. The van der Waals surface area contributed by atoms with Crippen LogP contribution in [-0.2, 0) is 0 Å². The summed E-state index contributed by atoms with van der Waals surface area (Å²) in [7, 11) is 0. The van der Waals surface area contributed by atoms with Gasteiger partial charge in [-0.1, -0.05) is 30.1 Å². The quantitative estimate of drug-likeness (QED) is 0.394. The first-order valence-electron chi connectivity index (χ1n) is 3.60. The fourth-order valence-electron chi connectivity index (χ4n) is 0.400. The summed E-state index contributed by atoms with van der Waals surface area (Å²) in [6.07, 6.45) is 5.54. The van der Waals surface area contributed by atoms with E-state index in [-0.39, 0.29) is 0 Å². The smallest absolute Gasteiger partial charge is 0.00863 e. The molecule has 0 heterocycles. The van der Waals surface area contributed by atoms with E-state index in [1.165, 1.54) is 5.57 Å². The summed E-state index contributed by atoms with van der Waals surface area (Å²) < 4.78 is 0. The van der Waals surface area contributed by atoms with Crippen molar-refractivity contribution in [3.05, 3.63) is 36.0 Å². The van der Waals surface area contributed by atoms with Crippen molar-refractivity contribution in [3.8, 4) is 11.8 Å². The zero-order valence-electron chi connectivity index (χ0n) is 7.44. The Hall–Kier alpha value is -1.22. The van der Waals surface area contributed by atoms with Gasteiger partial charge in [-0.2, -0.15) is 0 Å². The lowest BCUT2D eigenvalue weighted by molar-refractivity contribution is 1.40. The zero-order valence-corrected chi connectivity index (χ0v) is 7.44. The van der Waals surface area contributed by atoms with E-state index in [4.69, 9.17) is 0 Å². The summed E-state index contributed by atoms with van der Waals surface area (Å²) in [5, 5.41) is 0. The highest BCUT2D eigenvalue weighted by molar-refractivity contribution is 5.30. The van der Waals surface area contributed by atoms with Crippen LogP contribution in [0.2, 0.25) is 0 Å². The van der Waals surface area contributed by atoms with Gasteiger partial charge in [-0.3, -0.25) is 0 Å². The molecule has 0 aliphatic heterocycles. The van der Waals surface area contributed by atoms with Gasteiger partial charge in [0.2, 0.25) is 0 Å². The maximum Gasteiger partial charge on any atom is -0.00863 e. The van der Waals surface area contributed by atoms with E-state index in [0.29, 0.717) is 0 Å². The van der Waals surface area contributed by atoms with Gasteiger partial charge in [0.15, 0.2) is 0 Å². The molecule has 0 aliphatic rings. The van der Waals surface area contributed by atoms with Crippen LogP contribution >= 0.6 is 0 Å². The van der Waals surface area contributed by atoms with Crippen molar-refractivity contribution in [3.63, 3.8) is 0 Å². The van der Waals surface area contributed by atoms with Crippen molar-refractivity contribution >= 4 is 0 Å². The summed E-state index contributed by atoms with van der Waals surface area (Å²) in [5.41, 5.74) is 2.32. The standard InChI is InChI=1S/C11H14/c1-5-11(4)9-7-6-8-10(2)3/h5,8-9H,1H2,2-4H3/b11-9-. The molecule has 0 atom stereocenters. The minimum absolute atomic E-state index is 1.10. The highest BCUT2D eigenvalue weighted by Crippen LogP contribution is 1.90. The Morgan fingerprint density at radius 2 is 1.64 bits per heavy atom. The van der Waals surface area contributed by atoms with Gasteiger partial charge in [-0.15, -0.1) is 0 Å². The molecule has 0 N–H and O–H groups in total. The van der Waals surface area contributed by atoms with Crippen LogP contribution in [0.25, 0.3) is 0 Å². The van der Waals surface area contributed by atoms with Crippen LogP contribution < -0.4 is 0 Å². The molecule has 0 heteroatoms. The van der Waals surface area contributed by atoms with Crippen LogP contribution in [0.5, 0.6) is 0 Å². The molecule has 0 bridgehead atoms. The molecule has 0 aromatic carbocycles. The van der Waals surface area contributed by atoms with E-state index in [1.807, 2.05) is 32.9 Å². The molecule has 0 spiro atoms. The number of allylic oxidation sites excluding steroid dienone is 5. The van der Waals surface area contributed by atoms with E-state index >= 15 is 0 Å². The molecule has 0 saturated heterocycles. The van der Waals surface area contributed by atoms with Crippen LogP contribution in [0.4, 0.5) is 0 Å². The van der Waals surface area contributed by atoms with Crippen molar-refractivity contribution < 1.29 is 0 Å². The first kappa shape index (κ1) is 9.78. The number of hydrogen-bond acceptors (Lipinski definition) is 0. The van der Waals surface area contributed by atoms with Gasteiger partial charge in [0.25, 0.3) is 0 Å². The minimum atomic E-state index is 1.10. The van der Waals surface area contributed by atoms with E-state index in [1.54, 1.807) is 6.08 Å². The minimum Gasteiger partial charge on any atom is -0.0988 e. The van der Waals surface area contributed by atoms with E-state index in [9.17, 15) is 0 Å². The van der Waals surface area contributed by atoms with Gasteiger partial charge in [0.05, 0.1) is 0 Å². The molecular weight excluding hydrogens is 132 g/mol. The molecule has 0 aliphatic carbocycles. The first-order chi connectivity index (χ1) is 5.16. The predicted octanol–water partition coefficient (Wildman–Crippen LogP) is 3.09. The van der Waals surface area contributed by atoms with Crippen LogP contribution in [0.1, 0.15) is 20.8 Å². The lowest BCUT2D eigenvalue weighted by Crippen LogP contribution is -1.63. The third-order valence-electron chi connectivity index (χ3n) is 1.07. The zero-order chi connectivity index (χ0) is 8.69. The number of hydrogen-bond donors (Lipinski definition) is 0. The van der Waals surface area contributed by atoms with Crippen LogP contribution in [0.3, 0.4) is 0 Å². The van der Waals surface area contributed by atoms with Gasteiger partial charge in [-0.25, -0.2) is 0 Å². The molecule has 0 aromatic heterocycles. The molecule has 0 fully saturated rings. The third kappa shape index (κ3) is 6.67. The van der Waals surface area contributed by atoms with Crippen molar-refractivity contribution in [2.45, 2.75) is 20.8 Å². The van der Waals surface area contributed by atoms with Gasteiger partial charge in [0.1, 0.15) is 0 Å². The second-order valence-corrected chi connectivity index (χ2v) is 2.60. The van der Waals surface area contributed by atoms with Crippen LogP contribution in [0.15, 0.2) is 36.0 Å². The van der Waals surface area contributed by atoms with Gasteiger partial charge in [0, 0.05) is 0 Å². The third-order valence-corrected chi connectivity index (χ3v) is 1.07. The second-order valence-electron chi connectivity index (χ2n) is 2.60. The topological polar surface area (TPSA) is 0 Å². The lowest BCUT2D eigenvalue weighted by atomic mass is 10.3. The molecule has 0 unspecified atom stereocenters. The van der Waals surface area contributed by atoms with E-state index < -0.39 is 0 Å². The molecule has 0 amide bonds. The van der Waals surface area contributed by atoms with E-state index in [0.717, 1.165) is 5.57 Å². The second kappa shape index (κ2) is 5.56. The molecule has 11 heavy (non-hydrogen) atoms. The Balaban J connectivity index is 4.11. The summed E-state index contributed by atoms with van der Waals surface area (Å²) >= 11 is 0. The average Bonchev–Trinajstić information content (AvgIpc) is 1.97. The van der Waals surface area contributed by atoms with Crippen molar-refractivity contribution in [2.75, 3.05) is 0 Å². The fraction of sp³-hybridized carbons (Fsp3) is 0.273. The van der Waals surface area contributed by atoms with Crippen molar-refractivity contribution in [1.82, 2.24) is 0 Å². The van der Waals surface area contributed by atoms with Gasteiger partial charge >= 0.3 is 0 Å². The van der Waals surface area contributed by atoms with Crippen LogP contribution in [-0.4, -0.2) is 0 Å². The Morgan fingerprint density at radius 1 is 1.09 bits per heavy atom. The summed E-state index contributed by atoms with van der Waals surface area (Å²) in [6, 6.07) is 0.